The third kappa shape index (κ3) is 3.52. The van der Waals surface area contributed by atoms with Crippen molar-refractivity contribution >= 4 is 39.7 Å². The normalized spacial score (nSPS) is 19.5. The number of hydrogen-bond acceptors (Lipinski definition) is 5. The third-order valence-electron chi connectivity index (χ3n) is 3.55. The Morgan fingerprint density at radius 2 is 2.09 bits per heavy atom. The molecule has 1 aliphatic rings. The first kappa shape index (κ1) is 19.1. The molecule has 10 heteroatoms. The van der Waals surface area contributed by atoms with Crippen molar-refractivity contribution in [1.29, 1.82) is 0 Å². The van der Waals surface area contributed by atoms with Gasteiger partial charge in [-0.05, 0) is 18.9 Å². The Kier molecular flexibility index (Phi) is 6.57. The zero-order chi connectivity index (χ0) is 15.6. The van der Waals surface area contributed by atoms with Crippen LogP contribution in [0.1, 0.15) is 19.3 Å². The largest absolute Gasteiger partial charge is 0.329 e. The second-order valence-corrected chi connectivity index (χ2v) is 7.08. The Morgan fingerprint density at radius 1 is 1.41 bits per heavy atom. The summed E-state index contributed by atoms with van der Waals surface area (Å²) in [4.78, 5) is 9.91. The van der Waals surface area contributed by atoms with Gasteiger partial charge in [-0.25, -0.2) is 8.42 Å². The second kappa shape index (κ2) is 7.56. The molecular weight excluding hydrogens is 353 g/mol. The molecule has 1 unspecified atom stereocenters. The number of sulfonamides is 1. The fourth-order valence-electron chi connectivity index (χ4n) is 2.54. The number of piperidine rings is 1. The number of nitrogens with zero attached hydrogens (tertiary/aromatic N) is 2. The molecule has 2 rings (SSSR count). The number of halogens is 2. The summed E-state index contributed by atoms with van der Waals surface area (Å²) in [6.07, 6.45) is 2.24. The van der Waals surface area contributed by atoms with E-state index >= 15 is 0 Å². The molecule has 7 nitrogen and oxygen atoms in total. The van der Waals surface area contributed by atoms with Crippen LogP contribution >= 0.6 is 24.0 Å². The molecule has 1 heterocycles. The number of rotatable bonds is 4. The zero-order valence-corrected chi connectivity index (χ0v) is 14.0. The maximum Gasteiger partial charge on any atom is 0.290 e. The summed E-state index contributed by atoms with van der Waals surface area (Å²) in [5, 5.41) is 10.9. The van der Waals surface area contributed by atoms with Crippen LogP contribution in [0.5, 0.6) is 0 Å². The van der Waals surface area contributed by atoms with Crippen molar-refractivity contribution in [1.82, 2.24) is 4.31 Å². The molecule has 1 saturated heterocycles. The Hall–Kier alpha value is -0.930. The maximum atomic E-state index is 12.8. The summed E-state index contributed by atoms with van der Waals surface area (Å²) < 4.78 is 26.8. The first-order valence-electron chi connectivity index (χ1n) is 6.54. The van der Waals surface area contributed by atoms with Crippen LogP contribution in [-0.2, 0) is 10.0 Å². The van der Waals surface area contributed by atoms with Crippen LogP contribution in [0.15, 0.2) is 23.1 Å². The lowest BCUT2D eigenvalue weighted by atomic mass is 10.1. The number of nitro benzene ring substituents is 1. The highest BCUT2D eigenvalue weighted by Crippen LogP contribution is 2.35. The highest BCUT2D eigenvalue weighted by molar-refractivity contribution is 7.89. The van der Waals surface area contributed by atoms with Crippen molar-refractivity contribution in [2.45, 2.75) is 30.2 Å². The van der Waals surface area contributed by atoms with E-state index in [1.807, 2.05) is 0 Å². The van der Waals surface area contributed by atoms with Gasteiger partial charge in [0.25, 0.3) is 15.7 Å². The van der Waals surface area contributed by atoms with Crippen LogP contribution in [0, 0.1) is 10.1 Å². The summed E-state index contributed by atoms with van der Waals surface area (Å²) in [6.45, 7) is 0.476. The van der Waals surface area contributed by atoms with E-state index in [1.54, 1.807) is 0 Å². The van der Waals surface area contributed by atoms with Crippen LogP contribution in [0.2, 0.25) is 5.02 Å². The van der Waals surface area contributed by atoms with E-state index in [0.717, 1.165) is 12.5 Å². The van der Waals surface area contributed by atoms with Gasteiger partial charge in [0, 0.05) is 25.2 Å². The van der Waals surface area contributed by atoms with Crippen molar-refractivity contribution in [2.24, 2.45) is 5.73 Å². The molecule has 1 fully saturated rings. The first-order chi connectivity index (χ1) is 9.89. The molecule has 1 aromatic rings. The number of hydrogen-bond donors (Lipinski definition) is 1. The van der Waals surface area contributed by atoms with E-state index in [9.17, 15) is 18.5 Å². The van der Waals surface area contributed by atoms with Crippen molar-refractivity contribution in [3.63, 3.8) is 0 Å². The predicted octanol–water partition coefficient (Wildman–Crippen LogP) is 2.17. The predicted molar refractivity (Wildman–Crippen MR) is 85.9 cm³/mol. The standard InChI is InChI=1S/C12H16ClN3O4S.ClH/c13-10-5-3-6-11(16(17)18)12(10)21(19,20)15-7-2-1-4-9(15)8-14;/h3,5-6,9H,1-2,4,7-8,14H2;1H. The molecule has 124 valence electrons. The van der Waals surface area contributed by atoms with Crippen molar-refractivity contribution < 1.29 is 13.3 Å². The molecule has 0 aliphatic carbocycles. The molecule has 1 aromatic carbocycles. The first-order valence-corrected chi connectivity index (χ1v) is 8.36. The van der Waals surface area contributed by atoms with Crippen LogP contribution in [-0.4, -0.2) is 36.8 Å². The second-order valence-electron chi connectivity index (χ2n) is 4.85. The third-order valence-corrected chi connectivity index (χ3v) is 6.02. The molecule has 0 aromatic heterocycles. The van der Waals surface area contributed by atoms with Gasteiger partial charge in [0.15, 0.2) is 4.90 Å². The average Bonchev–Trinajstić information content (AvgIpc) is 2.46. The monoisotopic (exact) mass is 369 g/mol. The molecule has 1 atom stereocenters. The molecular formula is C12H17Cl2N3O4S. The van der Waals surface area contributed by atoms with E-state index in [2.05, 4.69) is 0 Å². The Balaban J connectivity index is 0.00000242. The Morgan fingerprint density at radius 3 is 2.68 bits per heavy atom. The van der Waals surface area contributed by atoms with Crippen LogP contribution in [0.3, 0.4) is 0 Å². The summed E-state index contributed by atoms with van der Waals surface area (Å²) in [6, 6.07) is 3.48. The van der Waals surface area contributed by atoms with Gasteiger partial charge in [0.05, 0.1) is 9.95 Å². The summed E-state index contributed by atoms with van der Waals surface area (Å²) in [5.74, 6) is 0. The van der Waals surface area contributed by atoms with Gasteiger partial charge in [-0.1, -0.05) is 24.1 Å². The summed E-state index contributed by atoms with van der Waals surface area (Å²) in [7, 11) is -4.05. The molecule has 0 amide bonds. The lowest BCUT2D eigenvalue weighted by Crippen LogP contribution is -2.47. The molecule has 22 heavy (non-hydrogen) atoms. The SMILES string of the molecule is Cl.NCC1CCCCN1S(=O)(=O)c1c(Cl)cccc1[N+](=O)[O-]. The van der Waals surface area contributed by atoms with Crippen LogP contribution in [0.4, 0.5) is 5.69 Å². The summed E-state index contributed by atoms with van der Waals surface area (Å²) in [5.41, 5.74) is 5.12. The quantitative estimate of drug-likeness (QED) is 0.646. The van der Waals surface area contributed by atoms with Gasteiger partial charge < -0.3 is 5.73 Å². The molecule has 0 radical (unpaired) electrons. The van der Waals surface area contributed by atoms with Gasteiger partial charge in [-0.3, -0.25) is 10.1 Å². The molecule has 1 aliphatic heterocycles. The smallest absolute Gasteiger partial charge is 0.290 e. The van der Waals surface area contributed by atoms with Crippen molar-refractivity contribution in [2.75, 3.05) is 13.1 Å². The van der Waals surface area contributed by atoms with E-state index in [0.29, 0.717) is 19.4 Å². The Bertz CT molecular complexity index is 654. The fraction of sp³-hybridized carbons (Fsp3) is 0.500. The summed E-state index contributed by atoms with van der Waals surface area (Å²) >= 11 is 5.93. The molecule has 0 spiro atoms. The van der Waals surface area contributed by atoms with Crippen LogP contribution < -0.4 is 5.73 Å². The lowest BCUT2D eigenvalue weighted by molar-refractivity contribution is -0.387. The highest BCUT2D eigenvalue weighted by Gasteiger charge is 2.38. The number of nitrogens with two attached hydrogens (primary N) is 1. The molecule has 0 bridgehead atoms. The highest BCUT2D eigenvalue weighted by atomic mass is 35.5. The van der Waals surface area contributed by atoms with E-state index in [4.69, 9.17) is 17.3 Å². The number of benzene rings is 1. The van der Waals surface area contributed by atoms with Gasteiger partial charge in [-0.15, -0.1) is 12.4 Å². The Labute approximate surface area is 140 Å². The molecule has 2 N–H and O–H groups in total. The van der Waals surface area contributed by atoms with Gasteiger partial charge in [0.1, 0.15) is 0 Å². The minimum absolute atomic E-state index is 0. The van der Waals surface area contributed by atoms with Gasteiger partial charge >= 0.3 is 0 Å². The van der Waals surface area contributed by atoms with Gasteiger partial charge in [-0.2, -0.15) is 4.31 Å². The zero-order valence-electron chi connectivity index (χ0n) is 11.6. The fourth-order valence-corrected chi connectivity index (χ4v) is 4.91. The average molecular weight is 370 g/mol. The minimum Gasteiger partial charge on any atom is -0.329 e. The topological polar surface area (TPSA) is 107 Å². The van der Waals surface area contributed by atoms with Gasteiger partial charge in [0.2, 0.25) is 0 Å². The van der Waals surface area contributed by atoms with Crippen LogP contribution in [0.25, 0.3) is 0 Å². The van der Waals surface area contributed by atoms with E-state index in [1.165, 1.54) is 16.4 Å². The maximum absolute atomic E-state index is 12.8. The van der Waals surface area contributed by atoms with Crippen molar-refractivity contribution in [3.8, 4) is 0 Å². The lowest BCUT2D eigenvalue weighted by Gasteiger charge is -2.33. The van der Waals surface area contributed by atoms with E-state index in [-0.39, 0.29) is 30.0 Å². The minimum atomic E-state index is -4.05. The van der Waals surface area contributed by atoms with Crippen molar-refractivity contribution in [3.05, 3.63) is 33.3 Å². The van der Waals surface area contributed by atoms with E-state index < -0.39 is 25.5 Å². The molecule has 0 saturated carbocycles. The number of nitro groups is 1.